The van der Waals surface area contributed by atoms with Crippen molar-refractivity contribution in [2.75, 3.05) is 5.73 Å². The van der Waals surface area contributed by atoms with Gasteiger partial charge < -0.3 is 10.9 Å². The topological polar surface area (TPSA) is 69.3 Å². The molecule has 0 radical (unpaired) electrons. The van der Waals surface area contributed by atoms with Crippen LogP contribution in [0.3, 0.4) is 0 Å². The molecular formula is C7H8N2O2S. The van der Waals surface area contributed by atoms with Gasteiger partial charge in [0.15, 0.2) is 5.69 Å². The molecule has 3 N–H and O–H groups in total. The third-order valence-electron chi connectivity index (χ3n) is 1.81. The van der Waals surface area contributed by atoms with Gasteiger partial charge in [-0.05, 0) is 12.1 Å². The molecule has 1 aromatic carbocycles. The second-order valence-corrected chi connectivity index (χ2v) is 3.72. The number of nitrogens with zero attached hydrogens (tertiary/aromatic N) is 1. The van der Waals surface area contributed by atoms with Gasteiger partial charge in [0, 0.05) is 17.3 Å². The first-order valence-electron chi connectivity index (χ1n) is 3.46. The molecule has 1 heterocycles. The van der Waals surface area contributed by atoms with Crippen LogP contribution in [0.4, 0.5) is 11.4 Å². The number of benzene rings is 1. The molecule has 1 aliphatic rings. The average Bonchev–Trinajstić information content (AvgIpc) is 2.28. The predicted octanol–water partition coefficient (Wildman–Crippen LogP) is 1.62. The van der Waals surface area contributed by atoms with Crippen LogP contribution < -0.4 is 9.95 Å². The summed E-state index contributed by atoms with van der Waals surface area (Å²) in [7, 11) is 0. The second kappa shape index (κ2) is 2.37. The monoisotopic (exact) mass is 184 g/mol. The van der Waals surface area contributed by atoms with Crippen LogP contribution >= 0.6 is 11.9 Å². The molecular weight excluding hydrogens is 176 g/mol. The summed E-state index contributed by atoms with van der Waals surface area (Å²) in [6, 6.07) is 5.01. The van der Waals surface area contributed by atoms with E-state index in [-0.39, 0.29) is 0 Å². The molecule has 12 heavy (non-hydrogen) atoms. The van der Waals surface area contributed by atoms with Crippen molar-refractivity contribution in [1.29, 1.82) is 0 Å². The molecule has 0 aliphatic carbocycles. The standard InChI is InChI=1S/C7H8N2O2S/c8-6-2-1-5-4-12-9(10,11)7(5)3-6/h1-3,10H,4,8H2. The lowest BCUT2D eigenvalue weighted by atomic mass is 10.2. The maximum absolute atomic E-state index is 11.3. The van der Waals surface area contributed by atoms with E-state index in [9.17, 15) is 10.4 Å². The highest BCUT2D eigenvalue weighted by Crippen LogP contribution is 2.42. The summed E-state index contributed by atoms with van der Waals surface area (Å²) in [5, 5.41) is 20.5. The number of fused-ring (bicyclic) bond motifs is 1. The van der Waals surface area contributed by atoms with Gasteiger partial charge in [-0.3, -0.25) is 0 Å². The predicted molar refractivity (Wildman–Crippen MR) is 49.1 cm³/mol. The van der Waals surface area contributed by atoms with E-state index in [0.29, 0.717) is 17.1 Å². The lowest BCUT2D eigenvalue weighted by molar-refractivity contribution is 0.0771. The molecule has 0 aromatic heterocycles. The summed E-state index contributed by atoms with van der Waals surface area (Å²) in [5.74, 6) is 0.537. The summed E-state index contributed by atoms with van der Waals surface area (Å²) in [4.78, 5) is 0. The molecule has 1 atom stereocenters. The molecule has 1 unspecified atom stereocenters. The van der Waals surface area contributed by atoms with E-state index in [2.05, 4.69) is 0 Å². The van der Waals surface area contributed by atoms with Crippen molar-refractivity contribution in [3.8, 4) is 0 Å². The van der Waals surface area contributed by atoms with E-state index in [4.69, 9.17) is 5.73 Å². The first-order chi connectivity index (χ1) is 5.59. The van der Waals surface area contributed by atoms with Gasteiger partial charge in [-0.25, -0.2) is 0 Å². The first kappa shape index (κ1) is 7.88. The van der Waals surface area contributed by atoms with E-state index in [1.807, 2.05) is 0 Å². The maximum Gasteiger partial charge on any atom is 0.184 e. The highest BCUT2D eigenvalue weighted by Gasteiger charge is 2.32. The van der Waals surface area contributed by atoms with E-state index in [0.717, 1.165) is 17.5 Å². The fourth-order valence-corrected chi connectivity index (χ4v) is 2.06. The number of anilines is 1. The summed E-state index contributed by atoms with van der Waals surface area (Å²) in [5.41, 5.74) is 7.19. The van der Waals surface area contributed by atoms with Gasteiger partial charge in [0.2, 0.25) is 0 Å². The third-order valence-corrected chi connectivity index (χ3v) is 2.80. The number of nitrogen functional groups attached to an aromatic ring is 1. The molecule has 0 spiro atoms. The maximum atomic E-state index is 11.3. The summed E-state index contributed by atoms with van der Waals surface area (Å²) in [6.45, 7) is 0. The minimum Gasteiger partial charge on any atom is -0.581 e. The minimum atomic E-state index is -1.36. The zero-order valence-corrected chi connectivity index (χ0v) is 7.04. The molecule has 0 fully saturated rings. The van der Waals surface area contributed by atoms with E-state index in [1.54, 1.807) is 12.1 Å². The molecule has 1 aliphatic heterocycles. The lowest BCUT2D eigenvalue weighted by Gasteiger charge is -2.24. The van der Waals surface area contributed by atoms with Crippen LogP contribution in [0.15, 0.2) is 18.2 Å². The van der Waals surface area contributed by atoms with E-state index >= 15 is 0 Å². The van der Waals surface area contributed by atoms with Crippen molar-refractivity contribution in [3.05, 3.63) is 29.0 Å². The van der Waals surface area contributed by atoms with Crippen LogP contribution in [0.5, 0.6) is 0 Å². The molecule has 0 bridgehead atoms. The molecule has 64 valence electrons. The van der Waals surface area contributed by atoms with Gasteiger partial charge in [-0.1, -0.05) is 0 Å². The molecule has 4 nitrogen and oxygen atoms in total. The molecule has 1 aromatic rings. The third kappa shape index (κ3) is 1.07. The molecule has 0 saturated carbocycles. The van der Waals surface area contributed by atoms with E-state index in [1.165, 1.54) is 6.07 Å². The smallest absolute Gasteiger partial charge is 0.184 e. The van der Waals surface area contributed by atoms with Gasteiger partial charge in [-0.2, -0.15) is 5.21 Å². The van der Waals surface area contributed by atoms with Crippen molar-refractivity contribution in [2.24, 2.45) is 0 Å². The Morgan fingerprint density at radius 1 is 1.58 bits per heavy atom. The number of hydrogen-bond donors (Lipinski definition) is 2. The SMILES string of the molecule is Nc1ccc2c(c1)[N+]([O-])(O)SC2. The minimum absolute atomic E-state index is 0.347. The Morgan fingerprint density at radius 2 is 2.33 bits per heavy atom. The van der Waals surface area contributed by atoms with Gasteiger partial charge in [0.25, 0.3) is 0 Å². The second-order valence-electron chi connectivity index (χ2n) is 2.68. The normalized spacial score (nSPS) is 27.2. The fraction of sp³-hybridized carbons (Fsp3) is 0.143. The van der Waals surface area contributed by atoms with Gasteiger partial charge in [0.05, 0.1) is 5.75 Å². The Labute approximate surface area is 73.9 Å². The van der Waals surface area contributed by atoms with Crippen LogP contribution in [-0.2, 0) is 5.75 Å². The Bertz CT molecular complexity index is 327. The highest BCUT2D eigenvalue weighted by atomic mass is 32.2. The largest absolute Gasteiger partial charge is 0.581 e. The van der Waals surface area contributed by atoms with Crippen LogP contribution in [0.25, 0.3) is 0 Å². The van der Waals surface area contributed by atoms with Crippen LogP contribution in [0.2, 0.25) is 0 Å². The summed E-state index contributed by atoms with van der Waals surface area (Å²) in [6.07, 6.45) is 0. The zero-order valence-electron chi connectivity index (χ0n) is 6.23. The van der Waals surface area contributed by atoms with Crippen LogP contribution in [0.1, 0.15) is 5.56 Å². The van der Waals surface area contributed by atoms with Crippen LogP contribution in [-0.4, -0.2) is 5.21 Å². The molecule has 0 amide bonds. The van der Waals surface area contributed by atoms with Crippen LogP contribution in [0, 0.1) is 5.21 Å². The molecule has 0 saturated heterocycles. The Balaban J connectivity index is 2.57. The van der Waals surface area contributed by atoms with Crippen molar-refractivity contribution in [1.82, 2.24) is 4.21 Å². The molecule has 2 rings (SSSR count). The molecule has 5 heteroatoms. The van der Waals surface area contributed by atoms with E-state index < -0.39 is 4.21 Å². The number of quaternary nitrogens is 1. The summed E-state index contributed by atoms with van der Waals surface area (Å²) < 4.78 is -1.36. The van der Waals surface area contributed by atoms with Crippen molar-refractivity contribution in [3.63, 3.8) is 0 Å². The summed E-state index contributed by atoms with van der Waals surface area (Å²) >= 11 is 0.919. The van der Waals surface area contributed by atoms with Crippen molar-refractivity contribution >= 4 is 23.3 Å². The lowest BCUT2D eigenvalue weighted by Crippen LogP contribution is -2.27. The van der Waals surface area contributed by atoms with Crippen molar-refractivity contribution < 1.29 is 5.21 Å². The van der Waals surface area contributed by atoms with Gasteiger partial charge in [-0.15, -0.1) is 4.21 Å². The average molecular weight is 184 g/mol. The van der Waals surface area contributed by atoms with Gasteiger partial charge in [0.1, 0.15) is 11.9 Å². The highest BCUT2D eigenvalue weighted by molar-refractivity contribution is 7.98. The Kier molecular flexibility index (Phi) is 1.55. The fourth-order valence-electron chi connectivity index (χ4n) is 1.19. The number of rotatable bonds is 0. The first-order valence-corrected chi connectivity index (χ1v) is 4.40. The van der Waals surface area contributed by atoms with Crippen molar-refractivity contribution in [2.45, 2.75) is 5.75 Å². The number of nitrogens with two attached hydrogens (primary N) is 1. The quantitative estimate of drug-likeness (QED) is 0.278. The zero-order chi connectivity index (χ0) is 8.77. The Morgan fingerprint density at radius 3 is 3.08 bits per heavy atom. The number of hydrogen-bond acceptors (Lipinski definition) is 4. The Hall–Kier alpha value is -0.750. The van der Waals surface area contributed by atoms with Gasteiger partial charge >= 0.3 is 0 Å².